The SMILES string of the molecule is CCN(CC)C(=O)c1ccc(NC(=O)CCC(=O)O)cc1. The third-order valence-corrected chi connectivity index (χ3v) is 3.03. The number of amides is 2. The summed E-state index contributed by atoms with van der Waals surface area (Å²) in [5.41, 5.74) is 1.10. The summed E-state index contributed by atoms with van der Waals surface area (Å²) in [5.74, 6) is -1.42. The van der Waals surface area contributed by atoms with Crippen molar-refractivity contribution in [2.24, 2.45) is 0 Å². The minimum atomic E-state index is -1.01. The number of hydrogen-bond donors (Lipinski definition) is 2. The predicted octanol–water partition coefficient (Wildman–Crippen LogP) is 1.97. The van der Waals surface area contributed by atoms with Crippen LogP contribution in [-0.4, -0.2) is 40.9 Å². The van der Waals surface area contributed by atoms with Crippen molar-refractivity contribution in [2.75, 3.05) is 18.4 Å². The smallest absolute Gasteiger partial charge is 0.303 e. The molecule has 1 aromatic carbocycles. The van der Waals surface area contributed by atoms with Crippen LogP contribution in [0.4, 0.5) is 5.69 Å². The van der Waals surface area contributed by atoms with Gasteiger partial charge in [0, 0.05) is 30.8 Å². The van der Waals surface area contributed by atoms with E-state index in [4.69, 9.17) is 5.11 Å². The number of nitrogens with zero attached hydrogens (tertiary/aromatic N) is 1. The minimum Gasteiger partial charge on any atom is -0.481 e. The molecule has 0 spiro atoms. The van der Waals surface area contributed by atoms with Gasteiger partial charge in [0.2, 0.25) is 5.91 Å². The van der Waals surface area contributed by atoms with E-state index in [1.54, 1.807) is 29.2 Å². The lowest BCUT2D eigenvalue weighted by Crippen LogP contribution is -2.30. The molecule has 0 atom stereocenters. The lowest BCUT2D eigenvalue weighted by atomic mass is 10.1. The summed E-state index contributed by atoms with van der Waals surface area (Å²) in [4.78, 5) is 35.7. The second-order valence-electron chi connectivity index (χ2n) is 4.50. The van der Waals surface area contributed by atoms with Gasteiger partial charge < -0.3 is 15.3 Å². The Labute approximate surface area is 123 Å². The highest BCUT2D eigenvalue weighted by molar-refractivity contribution is 5.96. The van der Waals surface area contributed by atoms with Crippen LogP contribution in [0, 0.1) is 0 Å². The fourth-order valence-corrected chi connectivity index (χ4v) is 1.83. The monoisotopic (exact) mass is 292 g/mol. The van der Waals surface area contributed by atoms with Crippen molar-refractivity contribution in [3.8, 4) is 0 Å². The third-order valence-electron chi connectivity index (χ3n) is 3.03. The zero-order valence-electron chi connectivity index (χ0n) is 12.3. The fourth-order valence-electron chi connectivity index (χ4n) is 1.83. The molecule has 0 saturated heterocycles. The second kappa shape index (κ2) is 8.04. The highest BCUT2D eigenvalue weighted by atomic mass is 16.4. The Balaban J connectivity index is 2.63. The van der Waals surface area contributed by atoms with Crippen molar-refractivity contribution >= 4 is 23.5 Å². The summed E-state index contributed by atoms with van der Waals surface area (Å²) in [7, 11) is 0. The molecule has 0 aliphatic carbocycles. The number of hydrogen-bond acceptors (Lipinski definition) is 3. The predicted molar refractivity (Wildman–Crippen MR) is 79.2 cm³/mol. The van der Waals surface area contributed by atoms with E-state index in [1.165, 1.54) is 0 Å². The van der Waals surface area contributed by atoms with E-state index in [9.17, 15) is 14.4 Å². The molecule has 0 aliphatic heterocycles. The van der Waals surface area contributed by atoms with Crippen molar-refractivity contribution in [2.45, 2.75) is 26.7 Å². The third kappa shape index (κ3) is 5.25. The highest BCUT2D eigenvalue weighted by Gasteiger charge is 2.12. The van der Waals surface area contributed by atoms with Crippen LogP contribution >= 0.6 is 0 Å². The van der Waals surface area contributed by atoms with E-state index < -0.39 is 5.97 Å². The number of nitrogens with one attached hydrogen (secondary N) is 1. The maximum absolute atomic E-state index is 12.1. The van der Waals surface area contributed by atoms with Crippen molar-refractivity contribution in [1.82, 2.24) is 4.90 Å². The zero-order chi connectivity index (χ0) is 15.8. The fraction of sp³-hybridized carbons (Fsp3) is 0.400. The molecule has 0 aromatic heterocycles. The second-order valence-corrected chi connectivity index (χ2v) is 4.50. The molecule has 114 valence electrons. The summed E-state index contributed by atoms with van der Waals surface area (Å²) in [5, 5.41) is 11.1. The van der Waals surface area contributed by atoms with Crippen LogP contribution in [0.3, 0.4) is 0 Å². The van der Waals surface area contributed by atoms with Crippen molar-refractivity contribution in [3.63, 3.8) is 0 Å². The van der Waals surface area contributed by atoms with Crippen LogP contribution in [0.2, 0.25) is 0 Å². The van der Waals surface area contributed by atoms with Crippen LogP contribution < -0.4 is 5.32 Å². The van der Waals surface area contributed by atoms with Crippen LogP contribution in [0.5, 0.6) is 0 Å². The number of aliphatic carboxylic acids is 1. The normalized spacial score (nSPS) is 10.0. The maximum atomic E-state index is 12.1. The molecule has 1 rings (SSSR count). The largest absolute Gasteiger partial charge is 0.481 e. The average Bonchev–Trinajstić information content (AvgIpc) is 2.47. The molecule has 6 heteroatoms. The van der Waals surface area contributed by atoms with Gasteiger partial charge in [-0.05, 0) is 38.1 Å². The van der Waals surface area contributed by atoms with Gasteiger partial charge in [-0.1, -0.05) is 0 Å². The van der Waals surface area contributed by atoms with E-state index in [2.05, 4.69) is 5.32 Å². The van der Waals surface area contributed by atoms with Gasteiger partial charge in [-0.3, -0.25) is 14.4 Å². The van der Waals surface area contributed by atoms with Crippen molar-refractivity contribution in [3.05, 3.63) is 29.8 Å². The first-order valence-corrected chi connectivity index (χ1v) is 6.88. The number of carboxylic acids is 1. The van der Waals surface area contributed by atoms with Crippen LogP contribution in [0.1, 0.15) is 37.0 Å². The number of anilines is 1. The van der Waals surface area contributed by atoms with Gasteiger partial charge in [-0.2, -0.15) is 0 Å². The molecule has 2 N–H and O–H groups in total. The van der Waals surface area contributed by atoms with Crippen LogP contribution in [0.25, 0.3) is 0 Å². The Morgan fingerprint density at radius 3 is 2.10 bits per heavy atom. The Bertz CT molecular complexity index is 507. The van der Waals surface area contributed by atoms with Gasteiger partial charge in [0.15, 0.2) is 0 Å². The molecule has 0 saturated carbocycles. The highest BCUT2D eigenvalue weighted by Crippen LogP contribution is 2.12. The molecule has 2 amide bonds. The zero-order valence-corrected chi connectivity index (χ0v) is 12.3. The molecule has 0 bridgehead atoms. The standard InChI is InChI=1S/C15H20N2O4/c1-3-17(4-2)15(21)11-5-7-12(8-6-11)16-13(18)9-10-14(19)20/h5-8H,3-4,9-10H2,1-2H3,(H,16,18)(H,19,20). The van der Waals surface area contributed by atoms with E-state index in [1.807, 2.05) is 13.8 Å². The molecule has 0 radical (unpaired) electrons. The molecule has 0 aliphatic rings. The number of benzene rings is 1. The van der Waals surface area contributed by atoms with Gasteiger partial charge in [0.25, 0.3) is 5.91 Å². The summed E-state index contributed by atoms with van der Waals surface area (Å²) in [6, 6.07) is 6.56. The molecule has 6 nitrogen and oxygen atoms in total. The first kappa shape index (κ1) is 16.7. The first-order chi connectivity index (χ1) is 9.97. The average molecular weight is 292 g/mol. The van der Waals surface area contributed by atoms with Crippen molar-refractivity contribution in [1.29, 1.82) is 0 Å². The quantitative estimate of drug-likeness (QED) is 0.804. The van der Waals surface area contributed by atoms with E-state index >= 15 is 0 Å². The maximum Gasteiger partial charge on any atom is 0.303 e. The molecular weight excluding hydrogens is 272 g/mol. The Morgan fingerprint density at radius 1 is 1.05 bits per heavy atom. The van der Waals surface area contributed by atoms with Crippen molar-refractivity contribution < 1.29 is 19.5 Å². The molecule has 0 unspecified atom stereocenters. The van der Waals surface area contributed by atoms with E-state index in [-0.39, 0.29) is 24.7 Å². The Kier molecular flexibility index (Phi) is 6.39. The topological polar surface area (TPSA) is 86.7 Å². The molecule has 1 aromatic rings. The summed E-state index contributed by atoms with van der Waals surface area (Å²) >= 11 is 0. The number of carboxylic acid groups (broad SMARTS) is 1. The molecule has 21 heavy (non-hydrogen) atoms. The molecular formula is C15H20N2O4. The molecule has 0 heterocycles. The first-order valence-electron chi connectivity index (χ1n) is 6.88. The Morgan fingerprint density at radius 2 is 1.62 bits per heavy atom. The summed E-state index contributed by atoms with van der Waals surface area (Å²) in [6.07, 6.45) is -0.278. The van der Waals surface area contributed by atoms with Gasteiger partial charge in [0.1, 0.15) is 0 Å². The van der Waals surface area contributed by atoms with E-state index in [0.29, 0.717) is 24.3 Å². The van der Waals surface area contributed by atoms with Gasteiger partial charge in [0.05, 0.1) is 6.42 Å². The van der Waals surface area contributed by atoms with Gasteiger partial charge >= 0.3 is 5.97 Å². The van der Waals surface area contributed by atoms with E-state index in [0.717, 1.165) is 0 Å². The lowest BCUT2D eigenvalue weighted by molar-refractivity contribution is -0.138. The van der Waals surface area contributed by atoms with Crippen LogP contribution in [0.15, 0.2) is 24.3 Å². The summed E-state index contributed by atoms with van der Waals surface area (Å²) < 4.78 is 0. The number of carbonyl (C=O) groups is 3. The lowest BCUT2D eigenvalue weighted by Gasteiger charge is -2.18. The van der Waals surface area contributed by atoms with Crippen LogP contribution in [-0.2, 0) is 9.59 Å². The van der Waals surface area contributed by atoms with Gasteiger partial charge in [-0.25, -0.2) is 0 Å². The minimum absolute atomic E-state index is 0.0521. The Hall–Kier alpha value is -2.37. The number of rotatable bonds is 7. The van der Waals surface area contributed by atoms with Gasteiger partial charge in [-0.15, -0.1) is 0 Å². The number of carbonyl (C=O) groups excluding carboxylic acids is 2. The molecule has 0 fully saturated rings. The summed E-state index contributed by atoms with van der Waals surface area (Å²) in [6.45, 7) is 5.11.